The van der Waals surface area contributed by atoms with Gasteiger partial charge in [0.15, 0.2) is 0 Å². The predicted molar refractivity (Wildman–Crippen MR) is 65.4 cm³/mol. The highest BCUT2D eigenvalue weighted by Crippen LogP contribution is 2.18. The standard InChI is InChI=1S/C13H13N3O/c14-6-5-11(15)9-17-12-3-4-13-10(8-12)2-1-7-16-13/h1-4,7-8,11H,5,9,15H2. The maximum Gasteiger partial charge on any atom is 0.120 e. The van der Waals surface area contributed by atoms with Crippen molar-refractivity contribution in [2.24, 2.45) is 5.73 Å². The van der Waals surface area contributed by atoms with Crippen LogP contribution in [0.25, 0.3) is 10.9 Å². The van der Waals surface area contributed by atoms with Crippen molar-refractivity contribution in [3.8, 4) is 11.8 Å². The van der Waals surface area contributed by atoms with Crippen molar-refractivity contribution in [2.75, 3.05) is 6.61 Å². The van der Waals surface area contributed by atoms with E-state index in [2.05, 4.69) is 4.98 Å². The van der Waals surface area contributed by atoms with E-state index in [1.807, 2.05) is 36.4 Å². The molecule has 1 aromatic heterocycles. The molecule has 1 aromatic carbocycles. The summed E-state index contributed by atoms with van der Waals surface area (Å²) in [5.41, 5.74) is 6.62. The number of nitriles is 1. The average molecular weight is 227 g/mol. The first kappa shape index (κ1) is 11.4. The summed E-state index contributed by atoms with van der Waals surface area (Å²) in [6.45, 7) is 0.347. The van der Waals surface area contributed by atoms with Crippen molar-refractivity contribution < 1.29 is 4.74 Å². The van der Waals surface area contributed by atoms with Crippen molar-refractivity contribution in [2.45, 2.75) is 12.5 Å². The molecule has 2 aromatic rings. The second-order valence-corrected chi connectivity index (χ2v) is 3.79. The van der Waals surface area contributed by atoms with Crippen molar-refractivity contribution in [1.82, 2.24) is 4.98 Å². The van der Waals surface area contributed by atoms with Gasteiger partial charge in [-0.3, -0.25) is 4.98 Å². The molecule has 0 aliphatic carbocycles. The highest BCUT2D eigenvalue weighted by Gasteiger charge is 2.03. The Labute approximate surface area is 99.6 Å². The first-order valence-corrected chi connectivity index (χ1v) is 5.39. The minimum absolute atomic E-state index is 0.246. The van der Waals surface area contributed by atoms with Gasteiger partial charge in [-0.25, -0.2) is 0 Å². The zero-order valence-electron chi connectivity index (χ0n) is 9.34. The van der Waals surface area contributed by atoms with Crippen LogP contribution in [0.5, 0.6) is 5.75 Å². The first-order chi connectivity index (χ1) is 8.29. The van der Waals surface area contributed by atoms with Gasteiger partial charge < -0.3 is 10.5 Å². The molecule has 0 radical (unpaired) electrons. The molecule has 0 aliphatic rings. The molecule has 17 heavy (non-hydrogen) atoms. The van der Waals surface area contributed by atoms with Gasteiger partial charge in [-0.2, -0.15) is 5.26 Å². The Balaban J connectivity index is 2.07. The van der Waals surface area contributed by atoms with E-state index in [0.717, 1.165) is 16.7 Å². The van der Waals surface area contributed by atoms with Gasteiger partial charge in [-0.1, -0.05) is 6.07 Å². The Kier molecular flexibility index (Phi) is 3.53. The second-order valence-electron chi connectivity index (χ2n) is 3.79. The highest BCUT2D eigenvalue weighted by molar-refractivity contribution is 5.79. The van der Waals surface area contributed by atoms with E-state index >= 15 is 0 Å². The van der Waals surface area contributed by atoms with Gasteiger partial charge in [0, 0.05) is 11.6 Å². The molecule has 4 heteroatoms. The molecule has 1 unspecified atom stereocenters. The number of nitrogens with zero attached hydrogens (tertiary/aromatic N) is 2. The van der Waals surface area contributed by atoms with Crippen LogP contribution < -0.4 is 10.5 Å². The molecule has 0 amide bonds. The topological polar surface area (TPSA) is 71.9 Å². The van der Waals surface area contributed by atoms with Crippen molar-refractivity contribution >= 4 is 10.9 Å². The fourth-order valence-corrected chi connectivity index (χ4v) is 1.52. The molecule has 0 bridgehead atoms. The summed E-state index contributed by atoms with van der Waals surface area (Å²) in [7, 11) is 0. The zero-order chi connectivity index (χ0) is 12.1. The van der Waals surface area contributed by atoms with Crippen LogP contribution in [0.1, 0.15) is 6.42 Å². The highest BCUT2D eigenvalue weighted by atomic mass is 16.5. The molecule has 1 atom stereocenters. The smallest absolute Gasteiger partial charge is 0.120 e. The third kappa shape index (κ3) is 2.92. The molecule has 2 N–H and O–H groups in total. The Hall–Kier alpha value is -2.12. The molecule has 0 saturated carbocycles. The summed E-state index contributed by atoms with van der Waals surface area (Å²) < 4.78 is 5.52. The quantitative estimate of drug-likeness (QED) is 0.865. The fourth-order valence-electron chi connectivity index (χ4n) is 1.52. The van der Waals surface area contributed by atoms with E-state index < -0.39 is 0 Å². The number of pyridine rings is 1. The molecule has 0 aliphatic heterocycles. The molecule has 0 fully saturated rings. The van der Waals surface area contributed by atoms with Gasteiger partial charge in [0.25, 0.3) is 0 Å². The second kappa shape index (κ2) is 5.28. The number of ether oxygens (including phenoxy) is 1. The van der Waals surface area contributed by atoms with Crippen LogP contribution in [0.15, 0.2) is 36.5 Å². The molecule has 0 saturated heterocycles. The molecular weight excluding hydrogens is 214 g/mol. The third-order valence-corrected chi connectivity index (χ3v) is 2.39. The van der Waals surface area contributed by atoms with E-state index in [0.29, 0.717) is 13.0 Å². The Morgan fingerprint density at radius 3 is 3.12 bits per heavy atom. The van der Waals surface area contributed by atoms with Gasteiger partial charge in [0.1, 0.15) is 12.4 Å². The lowest BCUT2D eigenvalue weighted by Gasteiger charge is -2.10. The van der Waals surface area contributed by atoms with E-state index in [1.165, 1.54) is 0 Å². The largest absolute Gasteiger partial charge is 0.492 e. The van der Waals surface area contributed by atoms with Crippen molar-refractivity contribution in [3.05, 3.63) is 36.5 Å². The summed E-state index contributed by atoms with van der Waals surface area (Å²) in [6.07, 6.45) is 2.06. The molecule has 86 valence electrons. The van der Waals surface area contributed by atoms with Gasteiger partial charge in [-0.15, -0.1) is 0 Å². The number of aromatic nitrogens is 1. The molecule has 2 rings (SSSR count). The van der Waals surface area contributed by atoms with Crippen LogP contribution in [0, 0.1) is 11.3 Å². The third-order valence-electron chi connectivity index (χ3n) is 2.39. The number of fused-ring (bicyclic) bond motifs is 1. The van der Waals surface area contributed by atoms with Crippen LogP contribution in [-0.4, -0.2) is 17.6 Å². The lowest BCUT2D eigenvalue weighted by atomic mass is 10.2. The van der Waals surface area contributed by atoms with Gasteiger partial charge in [0.2, 0.25) is 0 Å². The van der Waals surface area contributed by atoms with Crippen LogP contribution in [0.2, 0.25) is 0 Å². The minimum atomic E-state index is -0.246. The lowest BCUT2D eigenvalue weighted by molar-refractivity contribution is 0.290. The van der Waals surface area contributed by atoms with E-state index in [1.54, 1.807) is 6.20 Å². The first-order valence-electron chi connectivity index (χ1n) is 5.39. The Morgan fingerprint density at radius 1 is 1.41 bits per heavy atom. The summed E-state index contributed by atoms with van der Waals surface area (Å²) >= 11 is 0. The SMILES string of the molecule is N#CCC(N)COc1ccc2ncccc2c1. The van der Waals surface area contributed by atoms with Crippen molar-refractivity contribution in [1.29, 1.82) is 5.26 Å². The summed E-state index contributed by atoms with van der Waals surface area (Å²) in [4.78, 5) is 4.22. The zero-order valence-corrected chi connectivity index (χ0v) is 9.34. The predicted octanol–water partition coefficient (Wildman–Crippen LogP) is 1.85. The fraction of sp³-hybridized carbons (Fsp3) is 0.231. The minimum Gasteiger partial charge on any atom is -0.492 e. The van der Waals surface area contributed by atoms with Gasteiger partial charge >= 0.3 is 0 Å². The van der Waals surface area contributed by atoms with Gasteiger partial charge in [-0.05, 0) is 24.3 Å². The van der Waals surface area contributed by atoms with Crippen LogP contribution >= 0.6 is 0 Å². The summed E-state index contributed by atoms with van der Waals surface area (Å²) in [6, 6.07) is 11.3. The number of hydrogen-bond acceptors (Lipinski definition) is 4. The Bertz CT molecular complexity index is 548. The molecule has 1 heterocycles. The monoisotopic (exact) mass is 227 g/mol. The maximum atomic E-state index is 8.48. The van der Waals surface area contributed by atoms with E-state index in [-0.39, 0.29) is 6.04 Å². The summed E-state index contributed by atoms with van der Waals surface area (Å²) in [5, 5.41) is 9.51. The summed E-state index contributed by atoms with van der Waals surface area (Å²) in [5.74, 6) is 0.749. The Morgan fingerprint density at radius 2 is 2.29 bits per heavy atom. The number of rotatable bonds is 4. The van der Waals surface area contributed by atoms with Crippen molar-refractivity contribution in [3.63, 3.8) is 0 Å². The van der Waals surface area contributed by atoms with Crippen LogP contribution in [-0.2, 0) is 0 Å². The molecular formula is C13H13N3O. The van der Waals surface area contributed by atoms with Crippen LogP contribution in [0.3, 0.4) is 0 Å². The lowest BCUT2D eigenvalue weighted by Crippen LogP contribution is -2.27. The van der Waals surface area contributed by atoms with Gasteiger partial charge in [0.05, 0.1) is 24.0 Å². The van der Waals surface area contributed by atoms with E-state index in [9.17, 15) is 0 Å². The average Bonchev–Trinajstić information content (AvgIpc) is 2.36. The van der Waals surface area contributed by atoms with E-state index in [4.69, 9.17) is 15.7 Å². The normalized spacial score (nSPS) is 12.0. The number of hydrogen-bond donors (Lipinski definition) is 1. The molecule has 4 nitrogen and oxygen atoms in total. The number of benzene rings is 1. The van der Waals surface area contributed by atoms with Crippen LogP contribution in [0.4, 0.5) is 0 Å². The number of nitrogens with two attached hydrogens (primary N) is 1. The molecule has 0 spiro atoms. The maximum absolute atomic E-state index is 8.48.